The zero-order valence-electron chi connectivity index (χ0n) is 10.9. The molecule has 0 spiro atoms. The average molecular weight is 250 g/mol. The molecule has 0 aromatic heterocycles. The Kier molecular flexibility index (Phi) is 4.42. The van der Waals surface area contributed by atoms with Crippen molar-refractivity contribution in [2.45, 2.75) is 51.2 Å². The second-order valence-electron chi connectivity index (χ2n) is 5.00. The third kappa shape index (κ3) is 2.93. The van der Waals surface area contributed by atoms with Gasteiger partial charge >= 0.3 is 5.97 Å². The van der Waals surface area contributed by atoms with Crippen LogP contribution in [-0.4, -0.2) is 34.7 Å². The van der Waals surface area contributed by atoms with Crippen LogP contribution >= 0.6 is 0 Å². The maximum absolute atomic E-state index is 11.3. The second kappa shape index (κ2) is 6.05. The first kappa shape index (κ1) is 13.1. The predicted molar refractivity (Wildman–Crippen MR) is 71.0 cm³/mol. The van der Waals surface area contributed by atoms with Crippen LogP contribution in [0.5, 0.6) is 0 Å². The van der Waals surface area contributed by atoms with Crippen LogP contribution in [0.3, 0.4) is 0 Å². The number of carboxylic acids is 1. The van der Waals surface area contributed by atoms with Gasteiger partial charge in [0.25, 0.3) is 0 Å². The summed E-state index contributed by atoms with van der Waals surface area (Å²) in [7, 11) is 0. The van der Waals surface area contributed by atoms with Crippen LogP contribution in [0.4, 0.5) is 0 Å². The number of carboxylic acid groups (broad SMARTS) is 1. The van der Waals surface area contributed by atoms with E-state index in [9.17, 15) is 9.90 Å². The quantitative estimate of drug-likeness (QED) is 0.802. The van der Waals surface area contributed by atoms with Gasteiger partial charge in [-0.25, -0.2) is 4.79 Å². The van der Waals surface area contributed by atoms with Crippen LogP contribution in [0.15, 0.2) is 23.9 Å². The highest BCUT2D eigenvalue weighted by atomic mass is 16.4. The van der Waals surface area contributed by atoms with E-state index in [4.69, 9.17) is 0 Å². The largest absolute Gasteiger partial charge is 0.478 e. The van der Waals surface area contributed by atoms with Gasteiger partial charge < -0.3 is 10.0 Å². The van der Waals surface area contributed by atoms with Gasteiger partial charge in [0.2, 0.25) is 0 Å². The minimum atomic E-state index is -0.828. The highest BCUT2D eigenvalue weighted by Crippen LogP contribution is 2.21. The van der Waals surface area contributed by atoms with Crippen LogP contribution in [0.25, 0.3) is 0 Å². The fourth-order valence-electron chi connectivity index (χ4n) is 2.77. The van der Waals surface area contributed by atoms with Gasteiger partial charge in [-0.2, -0.15) is 0 Å². The Hall–Kier alpha value is -1.29. The van der Waals surface area contributed by atoms with Crippen molar-refractivity contribution in [3.8, 4) is 0 Å². The summed E-state index contributed by atoms with van der Waals surface area (Å²) in [4.78, 5) is 13.4. The van der Waals surface area contributed by atoms with E-state index in [0.717, 1.165) is 19.4 Å². The molecule has 1 fully saturated rings. The molecule has 0 amide bonds. The molecule has 0 aromatic rings. The van der Waals surface area contributed by atoms with E-state index in [2.05, 4.69) is 10.2 Å². The number of hydrogen-bond acceptors (Lipinski definition) is 3. The number of nitrogens with one attached hydrogen (secondary N) is 1. The molecule has 1 heterocycles. The number of likely N-dealkylation sites (N-methyl/N-ethyl adjacent to an activating group) is 1. The van der Waals surface area contributed by atoms with Crippen LogP contribution in [0, 0.1) is 0 Å². The van der Waals surface area contributed by atoms with E-state index in [1.54, 1.807) is 6.08 Å². The number of hydrogen-bond donors (Lipinski definition) is 2. The van der Waals surface area contributed by atoms with E-state index in [-0.39, 0.29) is 6.17 Å². The van der Waals surface area contributed by atoms with Crippen molar-refractivity contribution in [3.63, 3.8) is 0 Å². The summed E-state index contributed by atoms with van der Waals surface area (Å²) < 4.78 is 0. The molecule has 0 aromatic carbocycles. The molecule has 4 heteroatoms. The third-order valence-corrected chi connectivity index (χ3v) is 3.79. The predicted octanol–water partition coefficient (Wildman–Crippen LogP) is 2.09. The zero-order valence-corrected chi connectivity index (χ0v) is 10.9. The van der Waals surface area contributed by atoms with Crippen LogP contribution in [0.2, 0.25) is 0 Å². The maximum atomic E-state index is 11.3. The van der Waals surface area contributed by atoms with Crippen molar-refractivity contribution in [2.75, 3.05) is 6.54 Å². The Bertz CT molecular complexity index is 357. The van der Waals surface area contributed by atoms with E-state index in [1.807, 2.05) is 19.2 Å². The van der Waals surface area contributed by atoms with E-state index in [1.165, 1.54) is 19.3 Å². The molecule has 1 atom stereocenters. The first-order valence-electron chi connectivity index (χ1n) is 6.86. The van der Waals surface area contributed by atoms with Gasteiger partial charge in [0.1, 0.15) is 6.17 Å². The molecule has 2 rings (SSSR count). The lowest BCUT2D eigenvalue weighted by Crippen LogP contribution is -2.51. The average Bonchev–Trinajstić information content (AvgIpc) is 2.40. The van der Waals surface area contributed by atoms with E-state index >= 15 is 0 Å². The zero-order chi connectivity index (χ0) is 13.0. The van der Waals surface area contributed by atoms with Crippen molar-refractivity contribution in [1.82, 2.24) is 10.2 Å². The summed E-state index contributed by atoms with van der Waals surface area (Å²) in [6, 6.07) is 0.451. The molecule has 1 aliphatic carbocycles. The third-order valence-electron chi connectivity index (χ3n) is 3.79. The lowest BCUT2D eigenvalue weighted by molar-refractivity contribution is -0.133. The molecule has 1 saturated carbocycles. The standard InChI is InChI=1S/C14H22N2O2/c1-2-16-10-6-9-12(14(17)18)13(16)15-11-7-4-3-5-8-11/h6,9-11,13,15H,2-5,7-8H2,1H3,(H,17,18). The van der Waals surface area contributed by atoms with Crippen molar-refractivity contribution in [2.24, 2.45) is 0 Å². The minimum Gasteiger partial charge on any atom is -0.478 e. The first-order valence-corrected chi connectivity index (χ1v) is 6.86. The highest BCUT2D eigenvalue weighted by Gasteiger charge is 2.28. The van der Waals surface area contributed by atoms with Gasteiger partial charge in [-0.05, 0) is 31.9 Å². The molecule has 0 radical (unpaired) electrons. The molecule has 1 unspecified atom stereocenters. The summed E-state index contributed by atoms with van der Waals surface area (Å²) in [6.07, 6.45) is 11.4. The van der Waals surface area contributed by atoms with Gasteiger partial charge in [0.05, 0.1) is 5.57 Å². The van der Waals surface area contributed by atoms with Crippen LogP contribution in [-0.2, 0) is 4.79 Å². The Morgan fingerprint density at radius 1 is 1.44 bits per heavy atom. The molecule has 2 N–H and O–H groups in total. The van der Waals surface area contributed by atoms with Crippen molar-refractivity contribution < 1.29 is 9.90 Å². The first-order chi connectivity index (χ1) is 8.72. The lowest BCUT2D eigenvalue weighted by Gasteiger charge is -2.37. The summed E-state index contributed by atoms with van der Waals surface area (Å²) in [6.45, 7) is 2.86. The summed E-state index contributed by atoms with van der Waals surface area (Å²) >= 11 is 0. The number of rotatable bonds is 4. The summed E-state index contributed by atoms with van der Waals surface area (Å²) in [5.41, 5.74) is 0.449. The number of carbonyl (C=O) groups is 1. The normalized spacial score (nSPS) is 25.1. The van der Waals surface area contributed by atoms with Crippen molar-refractivity contribution >= 4 is 5.97 Å². The van der Waals surface area contributed by atoms with Crippen LogP contribution < -0.4 is 5.32 Å². The van der Waals surface area contributed by atoms with Gasteiger partial charge in [0, 0.05) is 18.8 Å². The van der Waals surface area contributed by atoms with Crippen molar-refractivity contribution in [1.29, 1.82) is 0 Å². The number of allylic oxidation sites excluding steroid dienone is 2. The van der Waals surface area contributed by atoms with E-state index < -0.39 is 5.97 Å². The van der Waals surface area contributed by atoms with E-state index in [0.29, 0.717) is 11.6 Å². The van der Waals surface area contributed by atoms with Gasteiger partial charge in [-0.3, -0.25) is 5.32 Å². The fraction of sp³-hybridized carbons (Fsp3) is 0.643. The molecule has 2 aliphatic rings. The molecule has 100 valence electrons. The number of aliphatic carboxylic acids is 1. The minimum absolute atomic E-state index is 0.180. The van der Waals surface area contributed by atoms with Gasteiger partial charge in [-0.1, -0.05) is 19.3 Å². The summed E-state index contributed by atoms with van der Waals surface area (Å²) in [5.74, 6) is -0.828. The Labute approximate surface area is 108 Å². The second-order valence-corrected chi connectivity index (χ2v) is 5.00. The van der Waals surface area contributed by atoms with Gasteiger partial charge in [-0.15, -0.1) is 0 Å². The van der Waals surface area contributed by atoms with Crippen molar-refractivity contribution in [3.05, 3.63) is 23.9 Å². The summed E-state index contributed by atoms with van der Waals surface area (Å²) in [5, 5.41) is 12.8. The van der Waals surface area contributed by atoms with Crippen LogP contribution in [0.1, 0.15) is 39.0 Å². The SMILES string of the molecule is CCN1C=CC=C(C(=O)O)C1NC1CCCCC1. The highest BCUT2D eigenvalue weighted by molar-refractivity contribution is 5.88. The molecule has 0 bridgehead atoms. The molecular formula is C14H22N2O2. The lowest BCUT2D eigenvalue weighted by atomic mass is 9.94. The van der Waals surface area contributed by atoms with Gasteiger partial charge in [0.15, 0.2) is 0 Å². The monoisotopic (exact) mass is 250 g/mol. The Morgan fingerprint density at radius 2 is 2.17 bits per heavy atom. The topological polar surface area (TPSA) is 52.6 Å². The Morgan fingerprint density at radius 3 is 2.78 bits per heavy atom. The molecule has 0 saturated heterocycles. The fourth-order valence-corrected chi connectivity index (χ4v) is 2.77. The molecule has 18 heavy (non-hydrogen) atoms. The smallest absolute Gasteiger partial charge is 0.335 e. The molecule has 1 aliphatic heterocycles. The maximum Gasteiger partial charge on any atom is 0.335 e. The Balaban J connectivity index is 2.07. The molecular weight excluding hydrogens is 228 g/mol. The number of nitrogens with zero attached hydrogens (tertiary/aromatic N) is 1. The molecule has 4 nitrogen and oxygen atoms in total.